The number of amides is 2. The van der Waals surface area contributed by atoms with Gasteiger partial charge < -0.3 is 15.0 Å². The third kappa shape index (κ3) is 6.92. The fourth-order valence-electron chi connectivity index (χ4n) is 3.98. The van der Waals surface area contributed by atoms with Crippen LogP contribution in [0, 0.1) is 0 Å². The molecule has 0 spiro atoms. The van der Waals surface area contributed by atoms with Gasteiger partial charge in [0.1, 0.15) is 18.3 Å². The smallest absolute Gasteiger partial charge is 0.264 e. The van der Waals surface area contributed by atoms with Gasteiger partial charge in [-0.1, -0.05) is 49.4 Å². The van der Waals surface area contributed by atoms with Crippen LogP contribution in [0.15, 0.2) is 83.8 Å². The molecular weight excluding hydrogens is 502 g/mol. The molecule has 2 amide bonds. The zero-order valence-electron chi connectivity index (χ0n) is 22.3. The van der Waals surface area contributed by atoms with Crippen LogP contribution < -0.4 is 14.4 Å². The lowest BCUT2D eigenvalue weighted by Crippen LogP contribution is -2.51. The molecule has 0 radical (unpaired) electrons. The van der Waals surface area contributed by atoms with Crippen molar-refractivity contribution in [2.75, 3.05) is 24.5 Å². The van der Waals surface area contributed by atoms with Gasteiger partial charge in [0.2, 0.25) is 11.8 Å². The van der Waals surface area contributed by atoms with E-state index < -0.39 is 28.5 Å². The van der Waals surface area contributed by atoms with Crippen molar-refractivity contribution in [3.8, 4) is 5.75 Å². The van der Waals surface area contributed by atoms with Crippen molar-refractivity contribution in [2.24, 2.45) is 0 Å². The second kappa shape index (κ2) is 13.1. The number of likely N-dealkylation sites (N-methyl/N-ethyl adjacent to an activating group) is 1. The van der Waals surface area contributed by atoms with E-state index in [4.69, 9.17) is 4.74 Å². The monoisotopic (exact) mass is 537 g/mol. The third-order valence-electron chi connectivity index (χ3n) is 6.27. The highest BCUT2D eigenvalue weighted by atomic mass is 32.2. The molecule has 0 fully saturated rings. The number of anilines is 1. The van der Waals surface area contributed by atoms with E-state index in [0.29, 0.717) is 18.0 Å². The summed E-state index contributed by atoms with van der Waals surface area (Å²) < 4.78 is 33.8. The van der Waals surface area contributed by atoms with E-state index >= 15 is 0 Å². The van der Waals surface area contributed by atoms with E-state index in [-0.39, 0.29) is 17.3 Å². The summed E-state index contributed by atoms with van der Waals surface area (Å²) in [6.07, 6.45) is 0.796. The molecule has 1 atom stereocenters. The molecule has 0 unspecified atom stereocenters. The predicted molar refractivity (Wildman–Crippen MR) is 148 cm³/mol. The van der Waals surface area contributed by atoms with Crippen LogP contribution in [-0.4, -0.2) is 51.4 Å². The summed E-state index contributed by atoms with van der Waals surface area (Å²) in [5.74, 6) is -0.156. The quantitative estimate of drug-likeness (QED) is 0.377. The standard InChI is InChI=1S/C29H35N3O5S/c1-5-23-12-16-25(17-13-23)32(38(35,36)27-10-8-7-9-11-27)21-28(33)31(22(3)29(34)30-6-2)20-24-14-18-26(37-4)19-15-24/h7-19,22H,5-6,20-21H2,1-4H3,(H,30,34)/t22-/m0/s1. The molecule has 1 N–H and O–H groups in total. The molecule has 0 aliphatic heterocycles. The molecule has 0 aliphatic carbocycles. The van der Waals surface area contributed by atoms with Crippen molar-refractivity contribution in [3.05, 3.63) is 90.0 Å². The van der Waals surface area contributed by atoms with Gasteiger partial charge >= 0.3 is 0 Å². The summed E-state index contributed by atoms with van der Waals surface area (Å²) in [5, 5.41) is 2.75. The molecule has 9 heteroatoms. The van der Waals surface area contributed by atoms with Gasteiger partial charge in [-0.3, -0.25) is 13.9 Å². The van der Waals surface area contributed by atoms with Crippen molar-refractivity contribution < 1.29 is 22.7 Å². The number of nitrogens with one attached hydrogen (secondary N) is 1. The Balaban J connectivity index is 2.00. The van der Waals surface area contributed by atoms with Crippen molar-refractivity contribution in [1.82, 2.24) is 10.2 Å². The van der Waals surface area contributed by atoms with Crippen LogP contribution >= 0.6 is 0 Å². The molecule has 3 aromatic rings. The summed E-state index contributed by atoms with van der Waals surface area (Å²) in [5.41, 5.74) is 2.19. The molecule has 0 bridgehead atoms. The van der Waals surface area contributed by atoms with E-state index in [1.807, 2.05) is 31.2 Å². The number of aryl methyl sites for hydroxylation is 1. The van der Waals surface area contributed by atoms with Crippen LogP contribution in [-0.2, 0) is 32.6 Å². The van der Waals surface area contributed by atoms with E-state index in [1.54, 1.807) is 63.4 Å². The Morgan fingerprint density at radius 1 is 0.895 bits per heavy atom. The number of carbonyl (C=O) groups is 2. The Hall–Kier alpha value is -3.85. The predicted octanol–water partition coefficient (Wildman–Crippen LogP) is 4.01. The summed E-state index contributed by atoms with van der Waals surface area (Å²) in [7, 11) is -2.51. The maximum atomic E-state index is 13.8. The van der Waals surface area contributed by atoms with Crippen LogP contribution in [0.1, 0.15) is 31.9 Å². The molecule has 38 heavy (non-hydrogen) atoms. The van der Waals surface area contributed by atoms with Crippen LogP contribution in [0.4, 0.5) is 5.69 Å². The van der Waals surface area contributed by atoms with Crippen molar-refractivity contribution >= 4 is 27.5 Å². The fourth-order valence-corrected chi connectivity index (χ4v) is 5.41. The highest BCUT2D eigenvalue weighted by Gasteiger charge is 2.32. The molecule has 0 heterocycles. The van der Waals surface area contributed by atoms with Crippen LogP contribution in [0.5, 0.6) is 5.75 Å². The second-order valence-corrected chi connectivity index (χ2v) is 10.6. The number of ether oxygens (including phenoxy) is 1. The molecule has 3 rings (SSSR count). The topological polar surface area (TPSA) is 96.0 Å². The van der Waals surface area contributed by atoms with Crippen molar-refractivity contribution in [3.63, 3.8) is 0 Å². The Morgan fingerprint density at radius 2 is 1.50 bits per heavy atom. The van der Waals surface area contributed by atoms with Gasteiger partial charge in [0, 0.05) is 13.1 Å². The Bertz CT molecular complexity index is 1310. The minimum Gasteiger partial charge on any atom is -0.497 e. The molecule has 202 valence electrons. The van der Waals surface area contributed by atoms with Gasteiger partial charge in [-0.25, -0.2) is 8.42 Å². The average molecular weight is 538 g/mol. The van der Waals surface area contributed by atoms with Crippen LogP contribution in [0.3, 0.4) is 0 Å². The number of carbonyl (C=O) groups excluding carboxylic acids is 2. The maximum Gasteiger partial charge on any atom is 0.264 e. The van der Waals surface area contributed by atoms with Gasteiger partial charge in [0.05, 0.1) is 17.7 Å². The summed E-state index contributed by atoms with van der Waals surface area (Å²) in [4.78, 5) is 28.1. The Kier molecular flexibility index (Phi) is 9.90. The summed E-state index contributed by atoms with van der Waals surface area (Å²) in [6.45, 7) is 5.51. The van der Waals surface area contributed by atoms with E-state index in [2.05, 4.69) is 5.32 Å². The first-order chi connectivity index (χ1) is 18.2. The van der Waals surface area contributed by atoms with Crippen LogP contribution in [0.25, 0.3) is 0 Å². The third-order valence-corrected chi connectivity index (χ3v) is 8.06. The molecule has 0 aliphatic rings. The van der Waals surface area contributed by atoms with E-state index in [0.717, 1.165) is 21.9 Å². The van der Waals surface area contributed by atoms with Gasteiger partial charge in [-0.15, -0.1) is 0 Å². The Labute approximate surface area is 225 Å². The summed E-state index contributed by atoms with van der Waals surface area (Å²) >= 11 is 0. The van der Waals surface area contributed by atoms with E-state index in [9.17, 15) is 18.0 Å². The number of nitrogens with zero attached hydrogens (tertiary/aromatic N) is 2. The average Bonchev–Trinajstić information content (AvgIpc) is 2.95. The minimum absolute atomic E-state index is 0.0749. The van der Waals surface area contributed by atoms with Crippen molar-refractivity contribution in [2.45, 2.75) is 44.7 Å². The number of sulfonamides is 1. The number of benzene rings is 3. The second-order valence-electron chi connectivity index (χ2n) is 8.79. The molecule has 0 saturated carbocycles. The highest BCUT2D eigenvalue weighted by molar-refractivity contribution is 7.92. The largest absolute Gasteiger partial charge is 0.497 e. The number of hydrogen-bond donors (Lipinski definition) is 1. The minimum atomic E-state index is -4.07. The first-order valence-electron chi connectivity index (χ1n) is 12.6. The van der Waals surface area contributed by atoms with Crippen molar-refractivity contribution in [1.29, 1.82) is 0 Å². The SMILES string of the molecule is CCNC(=O)[C@H](C)N(Cc1ccc(OC)cc1)C(=O)CN(c1ccc(CC)cc1)S(=O)(=O)c1ccccc1. The normalized spacial score (nSPS) is 11.9. The molecular formula is C29H35N3O5S. The highest BCUT2D eigenvalue weighted by Crippen LogP contribution is 2.25. The number of rotatable bonds is 12. The van der Waals surface area contributed by atoms with Gasteiger partial charge in [-0.2, -0.15) is 0 Å². The lowest BCUT2D eigenvalue weighted by Gasteiger charge is -2.32. The number of methoxy groups -OCH3 is 1. The summed E-state index contributed by atoms with van der Waals surface area (Å²) in [6, 6.07) is 21.5. The van der Waals surface area contributed by atoms with Gasteiger partial charge in [0.15, 0.2) is 0 Å². The van der Waals surface area contributed by atoms with Gasteiger partial charge in [0.25, 0.3) is 10.0 Å². The first-order valence-corrected chi connectivity index (χ1v) is 14.0. The van der Waals surface area contributed by atoms with Crippen LogP contribution in [0.2, 0.25) is 0 Å². The lowest BCUT2D eigenvalue weighted by molar-refractivity contribution is -0.139. The molecule has 0 saturated heterocycles. The Morgan fingerprint density at radius 3 is 2.05 bits per heavy atom. The zero-order valence-corrected chi connectivity index (χ0v) is 23.1. The number of hydrogen-bond acceptors (Lipinski definition) is 5. The van der Waals surface area contributed by atoms with E-state index in [1.165, 1.54) is 17.0 Å². The molecule has 3 aromatic carbocycles. The fraction of sp³-hybridized carbons (Fsp3) is 0.310. The zero-order chi connectivity index (χ0) is 27.7. The van der Waals surface area contributed by atoms with Gasteiger partial charge in [-0.05, 0) is 67.8 Å². The molecule has 8 nitrogen and oxygen atoms in total. The molecule has 0 aromatic heterocycles. The maximum absolute atomic E-state index is 13.8. The first kappa shape index (κ1) is 28.7. The lowest BCUT2D eigenvalue weighted by atomic mass is 10.1.